The van der Waals surface area contributed by atoms with Crippen LogP contribution in [0.1, 0.15) is 13.3 Å². The quantitative estimate of drug-likeness (QED) is 0.388. The van der Waals surface area contributed by atoms with Crippen molar-refractivity contribution in [2.45, 2.75) is 19.6 Å². The van der Waals surface area contributed by atoms with Crippen LogP contribution < -0.4 is 5.06 Å². The molecule has 0 amide bonds. The highest BCUT2D eigenvalue weighted by Gasteiger charge is 2.27. The number of hydrogen-bond acceptors (Lipinski definition) is 2. The zero-order chi connectivity index (χ0) is 6.15. The van der Waals surface area contributed by atoms with Crippen molar-refractivity contribution in [3.8, 4) is 0 Å². The molecule has 8 heavy (non-hydrogen) atoms. The molecule has 48 valence electrons. The van der Waals surface area contributed by atoms with Crippen LogP contribution in [-0.4, -0.2) is 17.9 Å². The third-order valence-corrected chi connectivity index (χ3v) is 1.71. The molecule has 0 aromatic rings. The van der Waals surface area contributed by atoms with E-state index >= 15 is 0 Å². The smallest absolute Gasteiger partial charge is 0.191 e. The predicted molar refractivity (Wildman–Crippen MR) is 29.0 cm³/mol. The first-order valence-electron chi connectivity index (χ1n) is 2.92. The van der Waals surface area contributed by atoms with Crippen molar-refractivity contribution < 1.29 is 10.2 Å². The van der Waals surface area contributed by atoms with Crippen LogP contribution in [0.3, 0.4) is 0 Å². The van der Waals surface area contributed by atoms with E-state index in [1.165, 1.54) is 0 Å². The van der Waals surface area contributed by atoms with E-state index in [0.717, 1.165) is 6.42 Å². The molecule has 3 atom stereocenters. The third kappa shape index (κ3) is 0.844. The molecular formula is C5H11NO2. The summed E-state index contributed by atoms with van der Waals surface area (Å²) >= 11 is 0. The van der Waals surface area contributed by atoms with Gasteiger partial charge in [-0.05, 0) is 0 Å². The second kappa shape index (κ2) is 2.01. The van der Waals surface area contributed by atoms with E-state index in [1.54, 1.807) is 0 Å². The summed E-state index contributed by atoms with van der Waals surface area (Å²) in [6.45, 7) is 2.47. The van der Waals surface area contributed by atoms with Crippen LogP contribution in [0.15, 0.2) is 0 Å². The molecule has 3 nitrogen and oxygen atoms in total. The fourth-order valence-corrected chi connectivity index (χ4v) is 0.993. The molecule has 3 heteroatoms. The van der Waals surface area contributed by atoms with E-state index in [9.17, 15) is 5.21 Å². The maximum atomic E-state index is 10.5. The summed E-state index contributed by atoms with van der Waals surface area (Å²) in [5.74, 6) is 0.197. The van der Waals surface area contributed by atoms with Crippen molar-refractivity contribution in [2.75, 3.05) is 6.54 Å². The van der Waals surface area contributed by atoms with Gasteiger partial charge in [-0.2, -0.15) is 0 Å². The van der Waals surface area contributed by atoms with Gasteiger partial charge >= 0.3 is 0 Å². The maximum Gasteiger partial charge on any atom is 0.191 e. The minimum absolute atomic E-state index is 0.0116. The minimum Gasteiger partial charge on any atom is -0.632 e. The monoisotopic (exact) mass is 117 g/mol. The number of aliphatic hydroxyl groups excluding tert-OH is 1. The van der Waals surface area contributed by atoms with Crippen molar-refractivity contribution in [1.82, 2.24) is 0 Å². The van der Waals surface area contributed by atoms with Gasteiger partial charge in [-0.25, -0.2) is 0 Å². The van der Waals surface area contributed by atoms with Crippen molar-refractivity contribution in [2.24, 2.45) is 5.92 Å². The lowest BCUT2D eigenvalue weighted by molar-refractivity contribution is -0.887. The Morgan fingerprint density at radius 2 is 2.38 bits per heavy atom. The number of hydroxylamine groups is 2. The topological polar surface area (TPSA) is 47.7 Å². The molecule has 0 spiro atoms. The SMILES string of the molecule is CC1CC[NH+]([O-])C1O. The summed E-state index contributed by atoms with van der Waals surface area (Å²) < 4.78 is 0. The van der Waals surface area contributed by atoms with Gasteiger partial charge in [-0.1, -0.05) is 6.92 Å². The van der Waals surface area contributed by atoms with E-state index in [2.05, 4.69) is 0 Å². The second-order valence-electron chi connectivity index (χ2n) is 2.43. The normalized spacial score (nSPS) is 47.6. The Hall–Kier alpha value is -0.120. The predicted octanol–water partition coefficient (Wildman–Crippen LogP) is -1.27. The average molecular weight is 117 g/mol. The largest absolute Gasteiger partial charge is 0.632 e. The van der Waals surface area contributed by atoms with Gasteiger partial charge < -0.3 is 15.4 Å². The van der Waals surface area contributed by atoms with Crippen LogP contribution in [0, 0.1) is 11.1 Å². The number of nitrogens with one attached hydrogen (secondary N) is 1. The van der Waals surface area contributed by atoms with E-state index < -0.39 is 6.23 Å². The molecule has 2 N–H and O–H groups in total. The molecule has 1 heterocycles. The molecule has 0 aliphatic carbocycles. The highest BCUT2D eigenvalue weighted by molar-refractivity contribution is 4.59. The van der Waals surface area contributed by atoms with Gasteiger partial charge in [0, 0.05) is 12.3 Å². The molecule has 1 rings (SSSR count). The molecule has 1 saturated heterocycles. The second-order valence-corrected chi connectivity index (χ2v) is 2.43. The van der Waals surface area contributed by atoms with Crippen LogP contribution in [0.5, 0.6) is 0 Å². The summed E-state index contributed by atoms with van der Waals surface area (Å²) in [7, 11) is 0. The molecular weight excluding hydrogens is 106 g/mol. The first-order chi connectivity index (χ1) is 3.72. The number of rotatable bonds is 0. The fourth-order valence-electron chi connectivity index (χ4n) is 0.993. The molecule has 1 aliphatic heterocycles. The van der Waals surface area contributed by atoms with Crippen LogP contribution in [0.25, 0.3) is 0 Å². The summed E-state index contributed by atoms with van der Waals surface area (Å²) in [6.07, 6.45) is 0.204. The van der Waals surface area contributed by atoms with Gasteiger partial charge in [-0.15, -0.1) is 0 Å². The Balaban J connectivity index is 2.44. The van der Waals surface area contributed by atoms with Crippen molar-refractivity contribution in [3.05, 3.63) is 5.21 Å². The van der Waals surface area contributed by atoms with Crippen LogP contribution in [0.2, 0.25) is 0 Å². The van der Waals surface area contributed by atoms with Crippen LogP contribution >= 0.6 is 0 Å². The molecule has 0 radical (unpaired) electrons. The van der Waals surface area contributed by atoms with Gasteiger partial charge in [-0.3, -0.25) is 0 Å². The van der Waals surface area contributed by atoms with Crippen molar-refractivity contribution in [3.63, 3.8) is 0 Å². The highest BCUT2D eigenvalue weighted by atomic mass is 16.5. The highest BCUT2D eigenvalue weighted by Crippen LogP contribution is 2.06. The van der Waals surface area contributed by atoms with Gasteiger partial charge in [0.25, 0.3) is 0 Å². The van der Waals surface area contributed by atoms with Gasteiger partial charge in [0.2, 0.25) is 0 Å². The zero-order valence-electron chi connectivity index (χ0n) is 4.92. The summed E-state index contributed by atoms with van der Waals surface area (Å²) in [5, 5.41) is 19.5. The molecule has 0 saturated carbocycles. The summed E-state index contributed by atoms with van der Waals surface area (Å²) in [5.41, 5.74) is 0. The fraction of sp³-hybridized carbons (Fsp3) is 1.00. The molecule has 0 aromatic heterocycles. The lowest BCUT2D eigenvalue weighted by Gasteiger charge is -2.20. The molecule has 0 aromatic carbocycles. The minimum atomic E-state index is -0.657. The zero-order valence-corrected chi connectivity index (χ0v) is 4.92. The lowest BCUT2D eigenvalue weighted by Crippen LogP contribution is -3.09. The van der Waals surface area contributed by atoms with Crippen LogP contribution in [-0.2, 0) is 0 Å². The Bertz CT molecular complexity index is 76.5. The Morgan fingerprint density at radius 3 is 2.50 bits per heavy atom. The van der Waals surface area contributed by atoms with Gasteiger partial charge in [0.05, 0.1) is 6.54 Å². The van der Waals surface area contributed by atoms with E-state index in [1.807, 2.05) is 6.92 Å². The molecule has 1 fully saturated rings. The number of aliphatic hydroxyl groups is 1. The Kier molecular flexibility index (Phi) is 1.51. The summed E-state index contributed by atoms with van der Waals surface area (Å²) in [4.78, 5) is 0. The molecule has 0 bridgehead atoms. The molecule has 3 unspecified atom stereocenters. The average Bonchev–Trinajstić information content (AvgIpc) is 1.98. The number of quaternary nitrogens is 1. The van der Waals surface area contributed by atoms with E-state index in [-0.39, 0.29) is 11.0 Å². The Labute approximate surface area is 48.5 Å². The standard InChI is InChI=1S/C5H11NO2/c1-4-2-3-6(8)5(4)7/h4-7H,2-3H2,1H3. The molecule has 1 aliphatic rings. The van der Waals surface area contributed by atoms with E-state index in [4.69, 9.17) is 5.11 Å². The first kappa shape index (κ1) is 6.01. The lowest BCUT2D eigenvalue weighted by atomic mass is 10.1. The van der Waals surface area contributed by atoms with Crippen molar-refractivity contribution >= 4 is 0 Å². The third-order valence-electron chi connectivity index (χ3n) is 1.71. The van der Waals surface area contributed by atoms with Gasteiger partial charge in [0.1, 0.15) is 0 Å². The van der Waals surface area contributed by atoms with E-state index in [0.29, 0.717) is 6.54 Å². The maximum absolute atomic E-state index is 10.5. The Morgan fingerprint density at radius 1 is 1.75 bits per heavy atom. The first-order valence-corrected chi connectivity index (χ1v) is 2.92. The number of hydrogen-bond donors (Lipinski definition) is 2. The van der Waals surface area contributed by atoms with Crippen LogP contribution in [0.4, 0.5) is 0 Å². The van der Waals surface area contributed by atoms with Gasteiger partial charge in [0.15, 0.2) is 6.23 Å². The summed E-state index contributed by atoms with van der Waals surface area (Å²) in [6, 6.07) is 0. The van der Waals surface area contributed by atoms with Crippen molar-refractivity contribution in [1.29, 1.82) is 0 Å².